The van der Waals surface area contributed by atoms with Gasteiger partial charge in [0.2, 0.25) is 0 Å². The third-order valence-corrected chi connectivity index (χ3v) is 2.54. The van der Waals surface area contributed by atoms with E-state index in [9.17, 15) is 0 Å². The summed E-state index contributed by atoms with van der Waals surface area (Å²) in [5.41, 5.74) is 3.98. The minimum Gasteiger partial charge on any atom is -0.359 e. The number of nitrogens with zero attached hydrogens (tertiary/aromatic N) is 2. The number of aryl methyl sites for hydroxylation is 1. The lowest BCUT2D eigenvalue weighted by molar-refractivity contribution is 0.273. The van der Waals surface area contributed by atoms with E-state index in [0.29, 0.717) is 5.55 Å². The predicted octanol–water partition coefficient (Wildman–Crippen LogP) is 2.12. The molecule has 1 aromatic heterocycles. The number of aromatic nitrogens is 1. The smallest absolute Gasteiger partial charge is 0.250 e. The zero-order valence-corrected chi connectivity index (χ0v) is 9.19. The Bertz CT molecular complexity index is 520. The van der Waals surface area contributed by atoms with Gasteiger partial charge in [0.15, 0.2) is 0 Å². The van der Waals surface area contributed by atoms with Crippen LogP contribution in [0.25, 0.3) is 11.1 Å². The summed E-state index contributed by atoms with van der Waals surface area (Å²) in [7, 11) is 3.63. The SMILES string of the molecule is CN=c1on(C)c(C)c1-c1ccccc1. The molecule has 0 unspecified atom stereocenters. The van der Waals surface area contributed by atoms with Gasteiger partial charge < -0.3 is 4.52 Å². The molecule has 0 spiro atoms. The molecule has 0 aliphatic rings. The van der Waals surface area contributed by atoms with E-state index in [1.165, 1.54) is 0 Å². The lowest BCUT2D eigenvalue weighted by atomic mass is 10.1. The van der Waals surface area contributed by atoms with E-state index < -0.39 is 0 Å². The molecule has 3 nitrogen and oxygen atoms in total. The number of rotatable bonds is 1. The molecule has 0 amide bonds. The summed E-state index contributed by atoms with van der Waals surface area (Å²) < 4.78 is 7.24. The van der Waals surface area contributed by atoms with E-state index in [1.807, 2.05) is 32.2 Å². The van der Waals surface area contributed by atoms with Crippen LogP contribution in [0.2, 0.25) is 0 Å². The van der Waals surface area contributed by atoms with Crippen molar-refractivity contribution < 1.29 is 4.52 Å². The molecule has 0 radical (unpaired) electrons. The zero-order valence-electron chi connectivity index (χ0n) is 9.19. The topological polar surface area (TPSA) is 30.4 Å². The van der Waals surface area contributed by atoms with Gasteiger partial charge in [-0.05, 0) is 12.5 Å². The van der Waals surface area contributed by atoms with Crippen molar-refractivity contribution in [1.82, 2.24) is 4.74 Å². The molecule has 1 heterocycles. The Morgan fingerprint density at radius 2 is 1.87 bits per heavy atom. The molecule has 1 aromatic carbocycles. The van der Waals surface area contributed by atoms with Gasteiger partial charge in [-0.15, -0.1) is 0 Å². The van der Waals surface area contributed by atoms with Gasteiger partial charge in [-0.25, -0.2) is 4.74 Å². The molecule has 0 atom stereocenters. The molecule has 0 aliphatic carbocycles. The van der Waals surface area contributed by atoms with Gasteiger partial charge in [-0.3, -0.25) is 4.99 Å². The van der Waals surface area contributed by atoms with Gasteiger partial charge in [0.05, 0.1) is 11.3 Å². The number of hydrogen-bond donors (Lipinski definition) is 0. The van der Waals surface area contributed by atoms with Crippen molar-refractivity contribution in [3.63, 3.8) is 0 Å². The maximum absolute atomic E-state index is 5.50. The van der Waals surface area contributed by atoms with Crippen LogP contribution < -0.4 is 5.55 Å². The van der Waals surface area contributed by atoms with Crippen LogP contribution in [0.1, 0.15) is 5.69 Å². The summed E-state index contributed by atoms with van der Waals surface area (Å²) in [4.78, 5) is 4.14. The highest BCUT2D eigenvalue weighted by molar-refractivity contribution is 5.64. The monoisotopic (exact) mass is 202 g/mol. The molecule has 2 rings (SSSR count). The predicted molar refractivity (Wildman–Crippen MR) is 59.3 cm³/mol. The average Bonchev–Trinajstić information content (AvgIpc) is 2.56. The fourth-order valence-corrected chi connectivity index (χ4v) is 1.65. The summed E-state index contributed by atoms with van der Waals surface area (Å²) in [5.74, 6) is 0. The molecule has 2 aromatic rings. The summed E-state index contributed by atoms with van der Waals surface area (Å²) in [6.45, 7) is 2.03. The Morgan fingerprint density at radius 3 is 2.47 bits per heavy atom. The first-order valence-corrected chi connectivity index (χ1v) is 4.89. The van der Waals surface area contributed by atoms with Crippen LogP contribution in [0, 0.1) is 6.92 Å². The van der Waals surface area contributed by atoms with Gasteiger partial charge in [0.25, 0.3) is 5.55 Å². The molecule has 15 heavy (non-hydrogen) atoms. The Hall–Kier alpha value is -1.77. The normalized spacial score (nSPS) is 12.1. The highest BCUT2D eigenvalue weighted by Crippen LogP contribution is 2.19. The second kappa shape index (κ2) is 3.77. The zero-order chi connectivity index (χ0) is 10.8. The molecule has 0 aliphatic heterocycles. The van der Waals surface area contributed by atoms with Gasteiger partial charge in [-0.2, -0.15) is 0 Å². The van der Waals surface area contributed by atoms with E-state index in [4.69, 9.17) is 4.52 Å². The van der Waals surface area contributed by atoms with E-state index in [2.05, 4.69) is 17.1 Å². The molecule has 3 heteroatoms. The average molecular weight is 202 g/mol. The number of hydrogen-bond acceptors (Lipinski definition) is 2. The van der Waals surface area contributed by atoms with Crippen molar-refractivity contribution in [1.29, 1.82) is 0 Å². The third kappa shape index (κ3) is 1.61. The lowest BCUT2D eigenvalue weighted by Crippen LogP contribution is -2.00. The molecule has 78 valence electrons. The molecule has 0 saturated carbocycles. The standard InChI is InChI=1S/C12H14N2O/c1-9-11(10-7-5-4-6-8-10)12(13-2)15-14(9)3/h4-8H,1-3H3. The van der Waals surface area contributed by atoms with Crippen LogP contribution in [0.4, 0.5) is 0 Å². The van der Waals surface area contributed by atoms with Crippen molar-refractivity contribution in [3.05, 3.63) is 41.6 Å². The van der Waals surface area contributed by atoms with Gasteiger partial charge in [0.1, 0.15) is 0 Å². The van der Waals surface area contributed by atoms with Crippen molar-refractivity contribution in [3.8, 4) is 11.1 Å². The van der Waals surface area contributed by atoms with Crippen molar-refractivity contribution >= 4 is 0 Å². The fraction of sp³-hybridized carbons (Fsp3) is 0.250. The summed E-state index contributed by atoms with van der Waals surface area (Å²) in [6, 6.07) is 10.2. The van der Waals surface area contributed by atoms with Crippen LogP contribution in [0.5, 0.6) is 0 Å². The summed E-state index contributed by atoms with van der Waals surface area (Å²) >= 11 is 0. The summed E-state index contributed by atoms with van der Waals surface area (Å²) in [5, 5.41) is 0. The minimum absolute atomic E-state index is 0.682. The largest absolute Gasteiger partial charge is 0.359 e. The first-order chi connectivity index (χ1) is 7.24. The van der Waals surface area contributed by atoms with E-state index in [1.54, 1.807) is 11.8 Å². The maximum atomic E-state index is 5.50. The van der Waals surface area contributed by atoms with Crippen molar-refractivity contribution in [2.75, 3.05) is 7.05 Å². The van der Waals surface area contributed by atoms with E-state index in [-0.39, 0.29) is 0 Å². The molecule has 0 bridgehead atoms. The van der Waals surface area contributed by atoms with Gasteiger partial charge in [0, 0.05) is 14.1 Å². The van der Waals surface area contributed by atoms with Crippen LogP contribution in [-0.2, 0) is 7.05 Å². The molecular formula is C12H14N2O. The highest BCUT2D eigenvalue weighted by Gasteiger charge is 2.10. The summed E-state index contributed by atoms with van der Waals surface area (Å²) in [6.07, 6.45) is 0. The Kier molecular flexibility index (Phi) is 2.46. The van der Waals surface area contributed by atoms with Crippen molar-refractivity contribution in [2.45, 2.75) is 6.92 Å². The fourth-order valence-electron chi connectivity index (χ4n) is 1.65. The van der Waals surface area contributed by atoms with Gasteiger partial charge >= 0.3 is 0 Å². The first-order valence-electron chi connectivity index (χ1n) is 4.89. The van der Waals surface area contributed by atoms with E-state index >= 15 is 0 Å². The number of benzene rings is 1. The van der Waals surface area contributed by atoms with Crippen LogP contribution in [0.15, 0.2) is 39.8 Å². The van der Waals surface area contributed by atoms with E-state index in [0.717, 1.165) is 16.8 Å². The van der Waals surface area contributed by atoms with Gasteiger partial charge in [-0.1, -0.05) is 30.3 Å². The Balaban J connectivity index is 2.73. The molecule has 0 N–H and O–H groups in total. The Morgan fingerprint density at radius 1 is 1.20 bits per heavy atom. The van der Waals surface area contributed by atoms with Crippen LogP contribution in [0.3, 0.4) is 0 Å². The second-order valence-electron chi connectivity index (χ2n) is 3.44. The molecule has 0 saturated heterocycles. The van der Waals surface area contributed by atoms with Crippen molar-refractivity contribution in [2.24, 2.45) is 12.0 Å². The third-order valence-electron chi connectivity index (χ3n) is 2.54. The quantitative estimate of drug-likeness (QED) is 0.696. The maximum Gasteiger partial charge on any atom is 0.250 e. The molecular weight excluding hydrogens is 188 g/mol. The minimum atomic E-state index is 0.682. The lowest BCUT2D eigenvalue weighted by Gasteiger charge is -1.98. The first kappa shape index (κ1) is 9.77. The highest BCUT2D eigenvalue weighted by atomic mass is 16.5. The van der Waals surface area contributed by atoms with Crippen LogP contribution >= 0.6 is 0 Å². The Labute approximate surface area is 88.7 Å². The second-order valence-corrected chi connectivity index (χ2v) is 3.44. The van der Waals surface area contributed by atoms with Crippen LogP contribution in [-0.4, -0.2) is 11.8 Å². The molecule has 0 fully saturated rings.